The summed E-state index contributed by atoms with van der Waals surface area (Å²) >= 11 is 3.55. The summed E-state index contributed by atoms with van der Waals surface area (Å²) < 4.78 is 10.8. The molecule has 2 heterocycles. The van der Waals surface area contributed by atoms with Gasteiger partial charge in [-0.1, -0.05) is 142 Å². The number of phenols is 1. The Labute approximate surface area is 546 Å². The largest absolute Gasteiger partial charge is 1.00 e. The van der Waals surface area contributed by atoms with Crippen molar-refractivity contribution < 1.29 is 193 Å². The zero-order valence-electron chi connectivity index (χ0n) is 43.9. The molecule has 2 atom stereocenters. The fraction of sp³-hybridized carbons (Fsp3) is 0.436. The minimum absolute atomic E-state index is 0. The van der Waals surface area contributed by atoms with E-state index in [1.165, 1.54) is 66.3 Å². The molecule has 0 saturated heterocycles. The number of hydrogen-bond donors (Lipinski definition) is 3. The van der Waals surface area contributed by atoms with Crippen molar-refractivity contribution in [2.45, 2.75) is 146 Å². The number of carbonyl (C=O) groups excluding carboxylic acids is 1. The third-order valence-electron chi connectivity index (χ3n) is 13.6. The van der Waals surface area contributed by atoms with Crippen LogP contribution in [0.3, 0.4) is 0 Å². The van der Waals surface area contributed by atoms with Gasteiger partial charge in [-0.05, 0) is 116 Å². The minimum atomic E-state index is -0.911. The summed E-state index contributed by atoms with van der Waals surface area (Å²) in [6.45, 7) is 19.7. The van der Waals surface area contributed by atoms with Crippen molar-refractivity contribution in [3.63, 3.8) is 0 Å². The number of ether oxygens (including phenoxy) is 1. The van der Waals surface area contributed by atoms with Gasteiger partial charge < -0.3 is 41.0 Å². The molecule has 2 unspecified atom stereocenters. The normalized spacial score (nSPS) is 16.8. The first-order valence-corrected chi connectivity index (χ1v) is 24.3. The molecule has 0 fully saturated rings. The third-order valence-corrected chi connectivity index (χ3v) is 14.3. The maximum atomic E-state index is 11.3. The molecule has 16 heteroatoms. The van der Waals surface area contributed by atoms with E-state index in [9.17, 15) is 19.8 Å². The van der Waals surface area contributed by atoms with Gasteiger partial charge in [0.15, 0.2) is 0 Å². The van der Waals surface area contributed by atoms with E-state index in [4.69, 9.17) is 29.3 Å². The number of aliphatic carboxylic acids is 2. The van der Waals surface area contributed by atoms with Gasteiger partial charge in [-0.3, -0.25) is 14.4 Å². The second kappa shape index (κ2) is 28.9. The molecule has 3 N–H and O–H groups in total. The SMILES string of the molecule is CC1(C)CCC(C)(C)c2cc(CBr)ccc21.CC1(C)CCC(C)(C)c2cc(COc3ccc(C(CC(=O)O)C4=NOCC4)cc3)ccc21.O=C(O)CC(c1ccc(O)cc1)c1ccon1.O=CO[O-].[Cs+].[Cs+].[H-]. The maximum Gasteiger partial charge on any atom is 1.00 e. The van der Waals surface area contributed by atoms with Crippen LogP contribution in [0.4, 0.5) is 0 Å². The number of phenolic OH excluding ortho intramolecular Hbond substituents is 1. The molecule has 1 aliphatic heterocycles. The number of fused-ring (bicyclic) bond motifs is 2. The number of aromatic hydroxyl groups is 1. The number of halogens is 1. The third kappa shape index (κ3) is 18.1. The number of hydrogen-bond acceptors (Lipinski definition) is 11. The molecule has 3 aliphatic rings. The summed E-state index contributed by atoms with van der Waals surface area (Å²) in [4.78, 5) is 38.5. The Balaban J connectivity index is 0.000000377. The van der Waals surface area contributed by atoms with Gasteiger partial charge in [0.2, 0.25) is 0 Å². The van der Waals surface area contributed by atoms with E-state index < -0.39 is 11.9 Å². The van der Waals surface area contributed by atoms with Crippen molar-refractivity contribution in [2.75, 3.05) is 6.61 Å². The molecule has 8 rings (SSSR count). The second-order valence-electron chi connectivity index (χ2n) is 20.5. The van der Waals surface area contributed by atoms with E-state index in [1.54, 1.807) is 29.3 Å². The van der Waals surface area contributed by atoms with Crippen LogP contribution in [0.25, 0.3) is 0 Å². The van der Waals surface area contributed by atoms with Crippen molar-refractivity contribution in [1.29, 1.82) is 0 Å². The van der Waals surface area contributed by atoms with Gasteiger partial charge in [0.1, 0.15) is 31.0 Å². The van der Waals surface area contributed by atoms with Crippen LogP contribution in [0.2, 0.25) is 0 Å². The summed E-state index contributed by atoms with van der Waals surface area (Å²) in [7, 11) is 0. The van der Waals surface area contributed by atoms with Gasteiger partial charge in [-0.15, -0.1) is 0 Å². The van der Waals surface area contributed by atoms with Crippen LogP contribution >= 0.6 is 15.9 Å². The van der Waals surface area contributed by atoms with E-state index >= 15 is 0 Å². The first-order chi connectivity index (χ1) is 32.6. The first-order valence-electron chi connectivity index (χ1n) is 23.2. The monoisotopic (exact) mass is 1280 g/mol. The van der Waals surface area contributed by atoms with Crippen LogP contribution < -0.4 is 148 Å². The molecule has 1 aromatic heterocycles. The number of benzene rings is 4. The van der Waals surface area contributed by atoms with Crippen LogP contribution in [0.1, 0.15) is 164 Å². The van der Waals surface area contributed by atoms with Crippen LogP contribution in [0.15, 0.2) is 107 Å². The van der Waals surface area contributed by atoms with Crippen molar-refractivity contribution in [3.05, 3.63) is 147 Å². The number of alkyl halides is 1. The topological polar surface area (TPSA) is 201 Å². The van der Waals surface area contributed by atoms with Crippen LogP contribution in [0.5, 0.6) is 11.5 Å². The molecule has 0 amide bonds. The Morgan fingerprint density at radius 2 is 1.18 bits per heavy atom. The molecule has 372 valence electrons. The number of carboxylic acid groups (broad SMARTS) is 2. The maximum absolute atomic E-state index is 11.3. The molecular formula is C55H67BrCs2N2O11. The summed E-state index contributed by atoms with van der Waals surface area (Å²) in [6.07, 6.45) is 6.98. The predicted molar refractivity (Wildman–Crippen MR) is 267 cm³/mol. The number of carbonyl (C=O) groups is 3. The molecule has 2 aliphatic carbocycles. The average Bonchev–Trinajstić information content (AvgIpc) is 4.07. The molecule has 0 saturated carbocycles. The molecule has 13 nitrogen and oxygen atoms in total. The molecule has 0 radical (unpaired) electrons. The van der Waals surface area contributed by atoms with E-state index in [1.807, 2.05) is 24.3 Å². The molecule has 4 aromatic carbocycles. The van der Waals surface area contributed by atoms with Gasteiger partial charge in [-0.2, -0.15) is 0 Å². The number of nitrogens with zero attached hydrogens (tertiary/aromatic N) is 2. The Morgan fingerprint density at radius 1 is 0.718 bits per heavy atom. The van der Waals surface area contributed by atoms with E-state index in [0.29, 0.717) is 36.2 Å². The molecule has 0 spiro atoms. The molecule has 71 heavy (non-hydrogen) atoms. The second-order valence-corrected chi connectivity index (χ2v) is 21.0. The van der Waals surface area contributed by atoms with E-state index in [-0.39, 0.29) is 187 Å². The van der Waals surface area contributed by atoms with Gasteiger partial charge >= 0.3 is 150 Å². The summed E-state index contributed by atoms with van der Waals surface area (Å²) in [5.74, 6) is -1.48. The minimum Gasteiger partial charge on any atom is -1.00 e. The zero-order chi connectivity index (χ0) is 50.6. The van der Waals surface area contributed by atoms with Gasteiger partial charge in [-0.25, -0.2) is 0 Å². The quantitative estimate of drug-likeness (QED) is 0.0586. The van der Waals surface area contributed by atoms with E-state index in [2.05, 4.69) is 123 Å². The van der Waals surface area contributed by atoms with Crippen molar-refractivity contribution in [2.24, 2.45) is 5.16 Å². The number of oxime groups is 1. The molecule has 5 aromatic rings. The summed E-state index contributed by atoms with van der Waals surface area (Å²) in [5, 5.41) is 44.6. The summed E-state index contributed by atoms with van der Waals surface area (Å²) in [5.41, 5.74) is 12.7. The van der Waals surface area contributed by atoms with Gasteiger partial charge in [0.05, 0.1) is 24.2 Å². The number of aromatic nitrogens is 1. The fourth-order valence-corrected chi connectivity index (χ4v) is 9.60. The number of rotatable bonds is 13. The van der Waals surface area contributed by atoms with Crippen molar-refractivity contribution in [1.82, 2.24) is 5.16 Å². The van der Waals surface area contributed by atoms with Gasteiger partial charge in [0, 0.05) is 29.7 Å². The average molecular weight is 1280 g/mol. The Bertz CT molecular complexity index is 2530. The van der Waals surface area contributed by atoms with Crippen LogP contribution in [0, 0.1) is 0 Å². The summed E-state index contributed by atoms with van der Waals surface area (Å²) in [6, 6.07) is 29.5. The standard InChI is InChI=1S/C27H33NO4.C15H21Br.C12H11NO4.CH2O3.2Cs.H/c1-26(2)12-13-27(3,4)23-15-18(5-10-22(23)26)17-31-20-8-6-19(7-9-20)21(16-25(29)30)24-11-14-32-28-24;1-14(2)7-8-15(3,4)13-9-11(10-16)5-6-12(13)14;14-9-3-1-8(2-4-9)10(7-12(15)16)11-5-6-17-13-11;2-1-4-3;;;/h5-10,15,21H,11-14,16-17H2,1-4H3,(H,29,30);5-6,9H,7-8,10H2,1-4H3;1-6,10,14H,7H2,(H,15,16);1,3H;;;/q;;;;2*+1;-1/p-1. The van der Waals surface area contributed by atoms with Crippen LogP contribution in [-0.4, -0.2) is 51.2 Å². The smallest absolute Gasteiger partial charge is 1.00 e. The Kier molecular flexibility index (Phi) is 25.8. The molecule has 0 bridgehead atoms. The van der Waals surface area contributed by atoms with E-state index in [0.717, 1.165) is 27.9 Å². The zero-order valence-corrected chi connectivity index (χ0v) is 57.1. The van der Waals surface area contributed by atoms with Gasteiger partial charge in [0.25, 0.3) is 6.47 Å². The first kappa shape index (κ1) is 63.4. The fourth-order valence-electron chi connectivity index (χ4n) is 9.25. The van der Waals surface area contributed by atoms with Crippen molar-refractivity contribution in [3.8, 4) is 11.5 Å². The predicted octanol–water partition coefficient (Wildman–Crippen LogP) is 5.42. The molecular weight excluding hydrogens is 1210 g/mol. The Morgan fingerprint density at radius 3 is 1.63 bits per heavy atom. The van der Waals surface area contributed by atoms with Crippen LogP contribution in [-0.2, 0) is 57.7 Å². The Hall–Kier alpha value is -1.89. The van der Waals surface area contributed by atoms with Crippen molar-refractivity contribution >= 4 is 40.1 Å². The number of carboxylic acids is 2.